The van der Waals surface area contributed by atoms with Crippen molar-refractivity contribution >= 4 is 0 Å². The van der Waals surface area contributed by atoms with Gasteiger partial charge in [-0.15, -0.1) is 0 Å². The fourth-order valence-corrected chi connectivity index (χ4v) is 1.77. The van der Waals surface area contributed by atoms with E-state index in [4.69, 9.17) is 0 Å². The molecule has 0 spiro atoms. The Morgan fingerprint density at radius 1 is 1.42 bits per heavy atom. The Balaban J connectivity index is 2.26. The summed E-state index contributed by atoms with van der Waals surface area (Å²) in [6.07, 6.45) is -1.08. The number of hydrogen-bond acceptors (Lipinski definition) is 1. The molecule has 3 heteroatoms. The molecular weight excluding hydrogens is 160 g/mol. The number of nitrogens with zero attached hydrogens (tertiary/aromatic N) is 1. The maximum atomic E-state index is 12.0. The monoisotopic (exact) mass is 177 g/mol. The fourth-order valence-electron chi connectivity index (χ4n) is 1.77. The molecule has 0 aromatic heterocycles. The molecule has 0 amide bonds. The Morgan fingerprint density at radius 3 is 2.50 bits per heavy atom. The molecule has 0 aromatic carbocycles. The van der Waals surface area contributed by atoms with Gasteiger partial charge in [-0.1, -0.05) is 13.8 Å². The SMILES string of the molecule is CC(C)C1CCN(CC(F)F)C1. The second-order valence-corrected chi connectivity index (χ2v) is 3.94. The summed E-state index contributed by atoms with van der Waals surface area (Å²) in [6, 6.07) is 0. The van der Waals surface area contributed by atoms with E-state index in [2.05, 4.69) is 13.8 Å². The van der Waals surface area contributed by atoms with Crippen LogP contribution in [0, 0.1) is 11.8 Å². The Labute approximate surface area is 72.7 Å². The zero-order valence-corrected chi connectivity index (χ0v) is 7.76. The minimum Gasteiger partial charge on any atom is -0.297 e. The first-order valence-electron chi connectivity index (χ1n) is 4.60. The Morgan fingerprint density at radius 2 is 2.08 bits per heavy atom. The van der Waals surface area contributed by atoms with Gasteiger partial charge in [0, 0.05) is 6.54 Å². The second kappa shape index (κ2) is 4.17. The highest BCUT2D eigenvalue weighted by molar-refractivity contribution is 4.77. The van der Waals surface area contributed by atoms with Crippen molar-refractivity contribution in [2.75, 3.05) is 19.6 Å². The zero-order chi connectivity index (χ0) is 9.14. The van der Waals surface area contributed by atoms with Crippen LogP contribution in [0.15, 0.2) is 0 Å². The third-order valence-corrected chi connectivity index (χ3v) is 2.65. The van der Waals surface area contributed by atoms with Gasteiger partial charge in [0.15, 0.2) is 0 Å². The molecule has 0 saturated carbocycles. The van der Waals surface area contributed by atoms with Crippen LogP contribution in [0.4, 0.5) is 8.78 Å². The predicted octanol–water partition coefficient (Wildman–Crippen LogP) is 2.23. The van der Waals surface area contributed by atoms with Gasteiger partial charge >= 0.3 is 0 Å². The molecule has 1 rings (SSSR count). The van der Waals surface area contributed by atoms with E-state index in [-0.39, 0.29) is 6.54 Å². The third-order valence-electron chi connectivity index (χ3n) is 2.65. The highest BCUT2D eigenvalue weighted by Crippen LogP contribution is 2.23. The van der Waals surface area contributed by atoms with Crippen LogP contribution >= 0.6 is 0 Å². The summed E-state index contributed by atoms with van der Waals surface area (Å²) in [5.74, 6) is 1.26. The summed E-state index contributed by atoms with van der Waals surface area (Å²) in [6.45, 7) is 6.01. The average Bonchev–Trinajstić information content (AvgIpc) is 2.34. The van der Waals surface area contributed by atoms with Crippen LogP contribution in [0.1, 0.15) is 20.3 Å². The Bertz CT molecular complexity index is 136. The number of hydrogen-bond donors (Lipinski definition) is 0. The van der Waals surface area contributed by atoms with Crippen LogP contribution < -0.4 is 0 Å². The molecule has 0 aromatic rings. The number of alkyl halides is 2. The van der Waals surface area contributed by atoms with Gasteiger partial charge in [-0.3, -0.25) is 4.90 Å². The lowest BCUT2D eigenvalue weighted by Crippen LogP contribution is -2.27. The lowest BCUT2D eigenvalue weighted by atomic mass is 9.95. The first-order chi connectivity index (χ1) is 5.59. The van der Waals surface area contributed by atoms with E-state index in [1.807, 2.05) is 4.90 Å². The summed E-state index contributed by atoms with van der Waals surface area (Å²) < 4.78 is 23.9. The standard InChI is InChI=1S/C9H17F2N/c1-7(2)8-3-4-12(5-8)6-9(10)11/h7-9H,3-6H2,1-2H3. The van der Waals surface area contributed by atoms with Crippen molar-refractivity contribution in [2.24, 2.45) is 11.8 Å². The quantitative estimate of drug-likeness (QED) is 0.639. The zero-order valence-electron chi connectivity index (χ0n) is 7.76. The Hall–Kier alpha value is -0.180. The topological polar surface area (TPSA) is 3.24 Å². The lowest BCUT2D eigenvalue weighted by molar-refractivity contribution is 0.0968. The molecular formula is C9H17F2N. The van der Waals surface area contributed by atoms with Crippen molar-refractivity contribution in [3.05, 3.63) is 0 Å². The maximum absolute atomic E-state index is 12.0. The van der Waals surface area contributed by atoms with Crippen LogP contribution in [0.2, 0.25) is 0 Å². The van der Waals surface area contributed by atoms with Gasteiger partial charge in [-0.2, -0.15) is 0 Å². The van der Waals surface area contributed by atoms with Crippen LogP contribution in [0.25, 0.3) is 0 Å². The van der Waals surface area contributed by atoms with Crippen LogP contribution in [0.3, 0.4) is 0 Å². The largest absolute Gasteiger partial charge is 0.297 e. The molecule has 12 heavy (non-hydrogen) atoms. The predicted molar refractivity (Wildman–Crippen MR) is 45.4 cm³/mol. The summed E-state index contributed by atoms with van der Waals surface area (Å²) in [7, 11) is 0. The number of likely N-dealkylation sites (tertiary alicyclic amines) is 1. The molecule has 0 bridgehead atoms. The Kier molecular flexibility index (Phi) is 3.44. The van der Waals surface area contributed by atoms with E-state index < -0.39 is 6.43 Å². The number of rotatable bonds is 3. The van der Waals surface area contributed by atoms with Crippen molar-refractivity contribution in [3.63, 3.8) is 0 Å². The van der Waals surface area contributed by atoms with Crippen molar-refractivity contribution in [2.45, 2.75) is 26.7 Å². The summed E-state index contributed by atoms with van der Waals surface area (Å²) in [5, 5.41) is 0. The molecule has 1 aliphatic rings. The van der Waals surface area contributed by atoms with Gasteiger partial charge in [0.05, 0.1) is 6.54 Å². The lowest BCUT2D eigenvalue weighted by Gasteiger charge is -2.16. The smallest absolute Gasteiger partial charge is 0.251 e. The molecule has 1 saturated heterocycles. The summed E-state index contributed by atoms with van der Waals surface area (Å²) >= 11 is 0. The van der Waals surface area contributed by atoms with Gasteiger partial charge in [0.25, 0.3) is 6.43 Å². The van der Waals surface area contributed by atoms with E-state index in [1.165, 1.54) is 0 Å². The van der Waals surface area contributed by atoms with E-state index in [9.17, 15) is 8.78 Å². The highest BCUT2D eigenvalue weighted by atomic mass is 19.3. The number of halogens is 2. The molecule has 1 unspecified atom stereocenters. The van der Waals surface area contributed by atoms with Crippen LogP contribution in [0.5, 0.6) is 0 Å². The van der Waals surface area contributed by atoms with E-state index in [0.717, 1.165) is 19.5 Å². The molecule has 1 atom stereocenters. The van der Waals surface area contributed by atoms with Crippen molar-refractivity contribution in [1.82, 2.24) is 4.90 Å². The molecule has 1 fully saturated rings. The first-order valence-corrected chi connectivity index (χ1v) is 4.60. The normalized spacial score (nSPS) is 26.0. The van der Waals surface area contributed by atoms with Crippen LogP contribution in [-0.4, -0.2) is 31.0 Å². The molecule has 0 radical (unpaired) electrons. The molecule has 1 heterocycles. The van der Waals surface area contributed by atoms with Crippen LogP contribution in [-0.2, 0) is 0 Å². The minimum atomic E-state index is -2.17. The first kappa shape index (κ1) is 9.90. The van der Waals surface area contributed by atoms with E-state index in [1.54, 1.807) is 0 Å². The maximum Gasteiger partial charge on any atom is 0.251 e. The second-order valence-electron chi connectivity index (χ2n) is 3.94. The highest BCUT2D eigenvalue weighted by Gasteiger charge is 2.26. The summed E-state index contributed by atoms with van der Waals surface area (Å²) in [5.41, 5.74) is 0. The molecule has 0 aliphatic carbocycles. The van der Waals surface area contributed by atoms with Crippen molar-refractivity contribution in [3.8, 4) is 0 Å². The molecule has 1 nitrogen and oxygen atoms in total. The van der Waals surface area contributed by atoms with Gasteiger partial charge in [0.1, 0.15) is 0 Å². The van der Waals surface area contributed by atoms with Crippen molar-refractivity contribution < 1.29 is 8.78 Å². The van der Waals surface area contributed by atoms with Gasteiger partial charge in [-0.25, -0.2) is 8.78 Å². The van der Waals surface area contributed by atoms with E-state index in [0.29, 0.717) is 11.8 Å². The molecule has 72 valence electrons. The van der Waals surface area contributed by atoms with E-state index >= 15 is 0 Å². The summed E-state index contributed by atoms with van der Waals surface area (Å²) in [4.78, 5) is 1.87. The van der Waals surface area contributed by atoms with Crippen molar-refractivity contribution in [1.29, 1.82) is 0 Å². The minimum absolute atomic E-state index is 0.0385. The average molecular weight is 177 g/mol. The molecule has 0 N–H and O–H groups in total. The fraction of sp³-hybridized carbons (Fsp3) is 1.00. The van der Waals surface area contributed by atoms with Gasteiger partial charge < -0.3 is 0 Å². The third kappa shape index (κ3) is 2.70. The molecule has 1 aliphatic heterocycles. The van der Waals surface area contributed by atoms with Gasteiger partial charge in [-0.05, 0) is 24.8 Å². The van der Waals surface area contributed by atoms with Gasteiger partial charge in [0.2, 0.25) is 0 Å².